The number of ether oxygens (including phenoxy) is 2. The van der Waals surface area contributed by atoms with Crippen molar-refractivity contribution < 1.29 is 14.3 Å². The molecule has 0 radical (unpaired) electrons. The van der Waals surface area contributed by atoms with Crippen molar-refractivity contribution >= 4 is 17.7 Å². The van der Waals surface area contributed by atoms with Crippen LogP contribution in [0.3, 0.4) is 0 Å². The minimum atomic E-state index is 0.0469. The number of carbonyl (C=O) groups excluding carboxylic acids is 1. The zero-order valence-corrected chi connectivity index (χ0v) is 16.3. The average molecular weight is 359 g/mol. The highest BCUT2D eigenvalue weighted by Crippen LogP contribution is 2.28. The van der Waals surface area contributed by atoms with Gasteiger partial charge in [-0.2, -0.15) is 0 Å². The molecule has 4 nitrogen and oxygen atoms in total. The zero-order valence-electron chi connectivity index (χ0n) is 15.5. The van der Waals surface area contributed by atoms with E-state index in [2.05, 4.69) is 0 Å². The Hall–Kier alpha value is -2.14. The molecule has 1 amide bonds. The van der Waals surface area contributed by atoms with Crippen LogP contribution in [0.2, 0.25) is 0 Å². The molecule has 0 N–H and O–H groups in total. The van der Waals surface area contributed by atoms with Crippen LogP contribution in [0.15, 0.2) is 41.3 Å². The lowest BCUT2D eigenvalue weighted by Crippen LogP contribution is -2.30. The fourth-order valence-corrected chi connectivity index (χ4v) is 3.10. The number of benzene rings is 2. The Morgan fingerprint density at radius 2 is 1.80 bits per heavy atom. The second-order valence-corrected chi connectivity index (χ2v) is 6.57. The molecule has 0 saturated carbocycles. The summed E-state index contributed by atoms with van der Waals surface area (Å²) in [6.45, 7) is 5.13. The topological polar surface area (TPSA) is 38.8 Å². The summed E-state index contributed by atoms with van der Waals surface area (Å²) in [5.74, 6) is 1.40. The molecular formula is C20H25NO3S. The predicted octanol–water partition coefficient (Wildman–Crippen LogP) is 4.40. The van der Waals surface area contributed by atoms with Gasteiger partial charge in [-0.25, -0.2) is 0 Å². The van der Waals surface area contributed by atoms with Crippen LogP contribution in [0.25, 0.3) is 0 Å². The smallest absolute Gasteiger partial charge is 0.254 e. The summed E-state index contributed by atoms with van der Waals surface area (Å²) in [6, 6.07) is 11.8. The predicted molar refractivity (Wildman–Crippen MR) is 103 cm³/mol. The zero-order chi connectivity index (χ0) is 18.4. The highest BCUT2D eigenvalue weighted by molar-refractivity contribution is 7.98. The van der Waals surface area contributed by atoms with Crippen LogP contribution in [0.1, 0.15) is 28.4 Å². The molecule has 2 aromatic rings. The van der Waals surface area contributed by atoms with Crippen LogP contribution in [0.5, 0.6) is 11.5 Å². The molecule has 25 heavy (non-hydrogen) atoms. The van der Waals surface area contributed by atoms with E-state index in [0.29, 0.717) is 24.6 Å². The first-order valence-corrected chi connectivity index (χ1v) is 9.41. The van der Waals surface area contributed by atoms with Crippen molar-refractivity contribution in [3.8, 4) is 11.5 Å². The molecule has 0 aliphatic heterocycles. The number of rotatable bonds is 7. The Kier molecular flexibility index (Phi) is 6.76. The van der Waals surface area contributed by atoms with Crippen LogP contribution >= 0.6 is 11.8 Å². The standard InChI is InChI=1S/C20H25NO3S/c1-6-21(13-15-8-10-18(23-3)19(11-15)24-4)20(22)17-12-16(25-5)9-7-14(17)2/h7-12H,6,13H2,1-5H3. The van der Waals surface area contributed by atoms with Gasteiger partial charge >= 0.3 is 0 Å². The van der Waals surface area contributed by atoms with E-state index >= 15 is 0 Å². The lowest BCUT2D eigenvalue weighted by Gasteiger charge is -2.23. The van der Waals surface area contributed by atoms with Crippen molar-refractivity contribution in [1.29, 1.82) is 0 Å². The highest BCUT2D eigenvalue weighted by Gasteiger charge is 2.18. The summed E-state index contributed by atoms with van der Waals surface area (Å²) < 4.78 is 10.6. The quantitative estimate of drug-likeness (QED) is 0.687. The molecule has 0 bridgehead atoms. The van der Waals surface area contributed by atoms with Crippen molar-refractivity contribution in [2.75, 3.05) is 27.0 Å². The van der Waals surface area contributed by atoms with E-state index in [1.807, 2.05) is 61.4 Å². The molecule has 2 rings (SSSR count). The molecule has 0 fully saturated rings. The maximum Gasteiger partial charge on any atom is 0.254 e. The summed E-state index contributed by atoms with van der Waals surface area (Å²) in [5, 5.41) is 0. The van der Waals surface area contributed by atoms with E-state index in [1.54, 1.807) is 26.0 Å². The molecule has 134 valence electrons. The van der Waals surface area contributed by atoms with E-state index < -0.39 is 0 Å². The Morgan fingerprint density at radius 3 is 2.40 bits per heavy atom. The summed E-state index contributed by atoms with van der Waals surface area (Å²) >= 11 is 1.64. The Morgan fingerprint density at radius 1 is 1.08 bits per heavy atom. The van der Waals surface area contributed by atoms with E-state index in [0.717, 1.165) is 21.6 Å². The number of aryl methyl sites for hydroxylation is 1. The summed E-state index contributed by atoms with van der Waals surface area (Å²) in [6.07, 6.45) is 2.01. The molecule has 0 aromatic heterocycles. The average Bonchev–Trinajstić information content (AvgIpc) is 2.65. The van der Waals surface area contributed by atoms with Crippen LogP contribution in [0.4, 0.5) is 0 Å². The largest absolute Gasteiger partial charge is 0.493 e. The number of carbonyl (C=O) groups is 1. The first-order chi connectivity index (χ1) is 12.0. The lowest BCUT2D eigenvalue weighted by atomic mass is 10.1. The number of amides is 1. The van der Waals surface area contributed by atoms with Gasteiger partial charge in [-0.05, 0) is 55.5 Å². The molecule has 0 heterocycles. The Labute approximate surface area is 154 Å². The van der Waals surface area contributed by atoms with Crippen LogP contribution in [-0.4, -0.2) is 37.8 Å². The van der Waals surface area contributed by atoms with Crippen molar-refractivity contribution in [3.05, 3.63) is 53.1 Å². The molecule has 0 aliphatic carbocycles. The van der Waals surface area contributed by atoms with Gasteiger partial charge in [0.1, 0.15) is 0 Å². The fourth-order valence-electron chi connectivity index (χ4n) is 2.66. The number of methoxy groups -OCH3 is 2. The van der Waals surface area contributed by atoms with Crippen molar-refractivity contribution in [3.63, 3.8) is 0 Å². The Balaban J connectivity index is 2.26. The normalized spacial score (nSPS) is 10.4. The summed E-state index contributed by atoms with van der Waals surface area (Å²) in [7, 11) is 3.22. The third-order valence-electron chi connectivity index (χ3n) is 4.17. The molecule has 5 heteroatoms. The second-order valence-electron chi connectivity index (χ2n) is 5.69. The fraction of sp³-hybridized carbons (Fsp3) is 0.350. The van der Waals surface area contributed by atoms with Gasteiger partial charge in [-0.3, -0.25) is 4.79 Å². The van der Waals surface area contributed by atoms with Gasteiger partial charge in [0.25, 0.3) is 5.91 Å². The second kappa shape index (κ2) is 8.81. The lowest BCUT2D eigenvalue weighted by molar-refractivity contribution is 0.0751. The molecule has 0 saturated heterocycles. The van der Waals surface area contributed by atoms with Crippen molar-refractivity contribution in [2.45, 2.75) is 25.3 Å². The third-order valence-corrected chi connectivity index (χ3v) is 4.89. The van der Waals surface area contributed by atoms with Gasteiger partial charge in [0.2, 0.25) is 0 Å². The number of hydrogen-bond donors (Lipinski definition) is 0. The maximum absolute atomic E-state index is 13.0. The molecular weight excluding hydrogens is 334 g/mol. The Bertz CT molecular complexity index is 746. The molecule has 0 unspecified atom stereocenters. The first kappa shape index (κ1) is 19.2. The van der Waals surface area contributed by atoms with Gasteiger partial charge in [0, 0.05) is 23.5 Å². The number of hydrogen-bond acceptors (Lipinski definition) is 4. The highest BCUT2D eigenvalue weighted by atomic mass is 32.2. The van der Waals surface area contributed by atoms with Crippen LogP contribution in [0, 0.1) is 6.92 Å². The van der Waals surface area contributed by atoms with Crippen molar-refractivity contribution in [2.24, 2.45) is 0 Å². The van der Waals surface area contributed by atoms with Gasteiger partial charge in [0.15, 0.2) is 11.5 Å². The molecule has 0 aliphatic rings. The summed E-state index contributed by atoms with van der Waals surface area (Å²) in [5.41, 5.74) is 2.76. The first-order valence-electron chi connectivity index (χ1n) is 8.18. The molecule has 0 atom stereocenters. The van der Waals surface area contributed by atoms with E-state index in [1.165, 1.54) is 0 Å². The van der Waals surface area contributed by atoms with E-state index in [9.17, 15) is 4.79 Å². The molecule has 2 aromatic carbocycles. The van der Waals surface area contributed by atoms with Crippen molar-refractivity contribution in [1.82, 2.24) is 4.90 Å². The summed E-state index contributed by atoms with van der Waals surface area (Å²) in [4.78, 5) is 15.9. The number of thioether (sulfide) groups is 1. The minimum Gasteiger partial charge on any atom is -0.493 e. The monoisotopic (exact) mass is 359 g/mol. The van der Waals surface area contributed by atoms with Gasteiger partial charge in [0.05, 0.1) is 14.2 Å². The number of nitrogens with zero attached hydrogens (tertiary/aromatic N) is 1. The SMILES string of the molecule is CCN(Cc1ccc(OC)c(OC)c1)C(=O)c1cc(SC)ccc1C. The van der Waals surface area contributed by atoms with E-state index in [-0.39, 0.29) is 5.91 Å². The maximum atomic E-state index is 13.0. The van der Waals surface area contributed by atoms with Crippen LogP contribution in [-0.2, 0) is 6.54 Å². The van der Waals surface area contributed by atoms with Gasteiger partial charge in [-0.1, -0.05) is 12.1 Å². The minimum absolute atomic E-state index is 0.0469. The molecule has 0 spiro atoms. The third kappa shape index (κ3) is 4.48. The van der Waals surface area contributed by atoms with Gasteiger partial charge < -0.3 is 14.4 Å². The van der Waals surface area contributed by atoms with Crippen LogP contribution < -0.4 is 9.47 Å². The van der Waals surface area contributed by atoms with Gasteiger partial charge in [-0.15, -0.1) is 11.8 Å². The van der Waals surface area contributed by atoms with E-state index in [4.69, 9.17) is 9.47 Å².